The van der Waals surface area contributed by atoms with E-state index < -0.39 is 5.97 Å². The van der Waals surface area contributed by atoms with Crippen molar-refractivity contribution in [3.63, 3.8) is 0 Å². The van der Waals surface area contributed by atoms with E-state index in [2.05, 4.69) is 20.9 Å². The van der Waals surface area contributed by atoms with Crippen LogP contribution in [-0.2, 0) is 11.2 Å². The topological polar surface area (TPSA) is 87.0 Å². The average molecular weight is 527 g/mol. The molecule has 0 N–H and O–H groups in total. The summed E-state index contributed by atoms with van der Waals surface area (Å²) in [5.41, 5.74) is 2.11. The van der Waals surface area contributed by atoms with E-state index in [4.69, 9.17) is 9.47 Å². The van der Waals surface area contributed by atoms with Crippen molar-refractivity contribution in [3.05, 3.63) is 94.6 Å². The predicted octanol–water partition coefficient (Wildman–Crippen LogP) is 3.26. The van der Waals surface area contributed by atoms with Gasteiger partial charge < -0.3 is 9.47 Å². The van der Waals surface area contributed by atoms with Crippen LogP contribution >= 0.6 is 27.3 Å². The normalized spacial score (nSPS) is 11.7. The monoisotopic (exact) mass is 526 g/mol. The first-order valence-corrected chi connectivity index (χ1v) is 11.6. The van der Waals surface area contributed by atoms with E-state index in [-0.39, 0.29) is 16.9 Å². The van der Waals surface area contributed by atoms with E-state index in [1.807, 2.05) is 30.3 Å². The van der Waals surface area contributed by atoms with Crippen LogP contribution in [0.4, 0.5) is 0 Å². The molecule has 7 nitrogen and oxygen atoms in total. The number of thiazole rings is 1. The molecule has 9 heteroatoms. The molecule has 0 aliphatic heterocycles. The Morgan fingerprint density at radius 1 is 1.21 bits per heavy atom. The van der Waals surface area contributed by atoms with Gasteiger partial charge >= 0.3 is 5.97 Å². The largest absolute Gasteiger partial charge is 0.493 e. The van der Waals surface area contributed by atoms with Crippen molar-refractivity contribution < 1.29 is 14.3 Å². The van der Waals surface area contributed by atoms with E-state index in [1.54, 1.807) is 25.1 Å². The molecule has 0 fully saturated rings. The third kappa shape index (κ3) is 4.60. The number of carbonyl (C=O) groups is 1. The van der Waals surface area contributed by atoms with Crippen LogP contribution in [0.15, 0.2) is 56.5 Å². The molecule has 0 bridgehead atoms. The zero-order valence-electron chi connectivity index (χ0n) is 18.0. The van der Waals surface area contributed by atoms with Gasteiger partial charge in [0.05, 0.1) is 16.1 Å². The number of hydrogen-bond acceptors (Lipinski definition) is 7. The lowest BCUT2D eigenvalue weighted by atomic mass is 10.1. The van der Waals surface area contributed by atoms with Crippen molar-refractivity contribution in [1.82, 2.24) is 9.38 Å². The molecule has 0 unspecified atom stereocenters. The Labute approximate surface area is 201 Å². The van der Waals surface area contributed by atoms with Crippen molar-refractivity contribution >= 4 is 44.3 Å². The first-order valence-electron chi connectivity index (χ1n) is 9.95. The third-order valence-corrected chi connectivity index (χ3v) is 6.61. The van der Waals surface area contributed by atoms with Crippen LogP contribution in [0, 0.1) is 6.92 Å². The summed E-state index contributed by atoms with van der Waals surface area (Å²) < 4.78 is 12.9. The quantitative estimate of drug-likeness (QED) is 0.293. The second kappa shape index (κ2) is 9.29. The number of rotatable bonds is 5. The molecule has 0 aliphatic rings. The number of esters is 1. The van der Waals surface area contributed by atoms with E-state index in [1.165, 1.54) is 18.4 Å². The smallest absolute Gasteiger partial charge is 0.308 e. The zero-order chi connectivity index (χ0) is 23.7. The van der Waals surface area contributed by atoms with Gasteiger partial charge in [0.25, 0.3) is 11.1 Å². The third-order valence-electron chi connectivity index (χ3n) is 5.05. The Morgan fingerprint density at radius 3 is 2.61 bits per heavy atom. The summed E-state index contributed by atoms with van der Waals surface area (Å²) in [6, 6.07) is 13.0. The molecular formula is C24H19BrN2O5S. The van der Waals surface area contributed by atoms with Gasteiger partial charge in [-0.05, 0) is 52.2 Å². The number of hydrogen-bond donors (Lipinski definition) is 0. The Hall–Kier alpha value is -3.30. The lowest BCUT2D eigenvalue weighted by molar-refractivity contribution is -0.132. The molecule has 0 radical (unpaired) electrons. The van der Waals surface area contributed by atoms with Crippen LogP contribution in [0.2, 0.25) is 0 Å². The summed E-state index contributed by atoms with van der Waals surface area (Å²) >= 11 is 4.52. The van der Waals surface area contributed by atoms with E-state index >= 15 is 0 Å². The highest BCUT2D eigenvalue weighted by molar-refractivity contribution is 9.10. The van der Waals surface area contributed by atoms with Gasteiger partial charge in [-0.1, -0.05) is 41.7 Å². The van der Waals surface area contributed by atoms with Crippen molar-refractivity contribution in [3.8, 4) is 11.5 Å². The fourth-order valence-electron chi connectivity index (χ4n) is 3.51. The summed E-state index contributed by atoms with van der Waals surface area (Å²) in [4.78, 5) is 41.8. The summed E-state index contributed by atoms with van der Waals surface area (Å²) in [6.45, 7) is 3.06. The van der Waals surface area contributed by atoms with Crippen molar-refractivity contribution in [1.29, 1.82) is 0 Å². The average Bonchev–Trinajstić information content (AvgIpc) is 3.08. The molecule has 0 amide bonds. The maximum absolute atomic E-state index is 13.2. The molecular weight excluding hydrogens is 508 g/mol. The SMILES string of the molecule is COc1cc(C=c2sc3nc(=O)c(Cc4ccccc4)c(C)n3c2=O)cc(Br)c1OC(C)=O. The van der Waals surface area contributed by atoms with Crippen molar-refractivity contribution in [2.24, 2.45) is 0 Å². The number of nitrogens with zero attached hydrogens (tertiary/aromatic N) is 2. The molecule has 2 aromatic carbocycles. The van der Waals surface area contributed by atoms with Crippen molar-refractivity contribution in [2.75, 3.05) is 7.11 Å². The highest BCUT2D eigenvalue weighted by Gasteiger charge is 2.16. The van der Waals surface area contributed by atoms with Crippen LogP contribution < -0.4 is 25.1 Å². The van der Waals surface area contributed by atoms with Gasteiger partial charge in [-0.3, -0.25) is 18.8 Å². The Balaban J connectivity index is 1.84. The standard InChI is InChI=1S/C24H19BrN2O5S/c1-13-17(9-15-7-5-4-6-8-15)22(29)26-24-27(13)23(30)20(33-24)12-16-10-18(25)21(32-14(2)28)19(11-16)31-3/h4-8,10-12H,9H2,1-3H3. The second-order valence-electron chi connectivity index (χ2n) is 7.30. The summed E-state index contributed by atoms with van der Waals surface area (Å²) in [5.74, 6) is 0.123. The van der Waals surface area contributed by atoms with Gasteiger partial charge in [0.1, 0.15) is 0 Å². The Kier molecular flexibility index (Phi) is 6.44. The zero-order valence-corrected chi connectivity index (χ0v) is 20.5. The van der Waals surface area contributed by atoms with Crippen LogP contribution in [0.25, 0.3) is 11.0 Å². The molecule has 2 heterocycles. The molecule has 0 saturated carbocycles. The molecule has 2 aromatic heterocycles. The lowest BCUT2D eigenvalue weighted by Crippen LogP contribution is -2.27. The number of halogens is 1. The first-order chi connectivity index (χ1) is 15.8. The lowest BCUT2D eigenvalue weighted by Gasteiger charge is -2.10. The second-order valence-corrected chi connectivity index (χ2v) is 9.17. The first kappa shape index (κ1) is 22.9. The van der Waals surface area contributed by atoms with Gasteiger partial charge in [0.15, 0.2) is 11.5 Å². The minimum Gasteiger partial charge on any atom is -0.493 e. The minimum atomic E-state index is -0.477. The van der Waals surface area contributed by atoms with Crippen LogP contribution in [0.3, 0.4) is 0 Å². The molecule has 0 atom stereocenters. The molecule has 33 heavy (non-hydrogen) atoms. The van der Waals surface area contributed by atoms with E-state index in [0.717, 1.165) is 16.9 Å². The van der Waals surface area contributed by atoms with Gasteiger partial charge in [0, 0.05) is 24.6 Å². The summed E-state index contributed by atoms with van der Waals surface area (Å²) in [7, 11) is 1.46. The fourth-order valence-corrected chi connectivity index (χ4v) is 5.06. The maximum Gasteiger partial charge on any atom is 0.308 e. The Morgan fingerprint density at radius 2 is 1.94 bits per heavy atom. The van der Waals surface area contributed by atoms with Gasteiger partial charge in [0.2, 0.25) is 4.96 Å². The van der Waals surface area contributed by atoms with Gasteiger partial charge in [-0.15, -0.1) is 0 Å². The Bertz CT molecular complexity index is 1540. The predicted molar refractivity (Wildman–Crippen MR) is 130 cm³/mol. The number of carbonyl (C=O) groups excluding carboxylic acids is 1. The van der Waals surface area contributed by atoms with E-state index in [9.17, 15) is 14.4 Å². The molecule has 0 saturated heterocycles. The van der Waals surface area contributed by atoms with Crippen LogP contribution in [-0.4, -0.2) is 22.5 Å². The maximum atomic E-state index is 13.2. The highest BCUT2D eigenvalue weighted by atomic mass is 79.9. The van der Waals surface area contributed by atoms with Gasteiger partial charge in [-0.25, -0.2) is 0 Å². The summed E-state index contributed by atoms with van der Waals surface area (Å²) in [6.07, 6.45) is 2.09. The molecule has 4 rings (SSSR count). The number of fused-ring (bicyclic) bond motifs is 1. The molecule has 0 aliphatic carbocycles. The molecule has 0 spiro atoms. The number of aromatic nitrogens is 2. The number of ether oxygens (including phenoxy) is 2. The highest BCUT2D eigenvalue weighted by Crippen LogP contribution is 2.37. The van der Waals surface area contributed by atoms with E-state index in [0.29, 0.717) is 43.0 Å². The summed E-state index contributed by atoms with van der Waals surface area (Å²) in [5, 5.41) is 0. The minimum absolute atomic E-state index is 0.256. The van der Waals surface area contributed by atoms with Crippen molar-refractivity contribution in [2.45, 2.75) is 20.3 Å². The van der Waals surface area contributed by atoms with Gasteiger partial charge in [-0.2, -0.15) is 4.98 Å². The fraction of sp³-hybridized carbons (Fsp3) is 0.167. The number of aryl methyl sites for hydroxylation is 1. The molecule has 4 aromatic rings. The molecule has 168 valence electrons. The number of methoxy groups -OCH3 is 1. The number of benzene rings is 2. The van der Waals surface area contributed by atoms with Crippen LogP contribution in [0.1, 0.15) is 29.3 Å². The van der Waals surface area contributed by atoms with Crippen LogP contribution in [0.5, 0.6) is 11.5 Å².